The van der Waals surface area contributed by atoms with Gasteiger partial charge in [-0.15, -0.1) is 0 Å². The van der Waals surface area contributed by atoms with Crippen molar-refractivity contribution in [3.63, 3.8) is 0 Å². The first-order chi connectivity index (χ1) is 11.2. The largest absolute Gasteiger partial charge is 0.359 e. The molecule has 3 nitrogen and oxygen atoms in total. The van der Waals surface area contributed by atoms with Crippen LogP contribution >= 0.6 is 23.8 Å². The molecule has 2 aliphatic heterocycles. The second-order valence-corrected chi connectivity index (χ2v) is 8.22. The van der Waals surface area contributed by atoms with Gasteiger partial charge in [-0.05, 0) is 55.7 Å². The van der Waals surface area contributed by atoms with E-state index in [1.165, 1.54) is 44.9 Å². The molecule has 5 heteroatoms. The molecule has 1 saturated carbocycles. The molecule has 0 unspecified atom stereocenters. The molecule has 124 valence electrons. The SMILES string of the molecule is S=C(Nc1ccc(Cl)cc1)NC1C[C@H]2CCC[C@H](C1)[NH+]2C1CC1. The number of fused-ring (bicyclic) bond motifs is 2. The summed E-state index contributed by atoms with van der Waals surface area (Å²) in [6, 6.07) is 10.9. The highest BCUT2D eigenvalue weighted by Crippen LogP contribution is 2.27. The van der Waals surface area contributed by atoms with Gasteiger partial charge in [-0.25, -0.2) is 0 Å². The van der Waals surface area contributed by atoms with Crippen LogP contribution in [-0.2, 0) is 0 Å². The number of nitrogens with one attached hydrogen (secondary N) is 3. The van der Waals surface area contributed by atoms with E-state index in [1.54, 1.807) is 0 Å². The third-order valence-corrected chi connectivity index (χ3v) is 6.14. The zero-order valence-corrected chi connectivity index (χ0v) is 14.9. The maximum absolute atomic E-state index is 5.92. The molecule has 1 aliphatic carbocycles. The van der Waals surface area contributed by atoms with E-state index in [9.17, 15) is 0 Å². The number of hydrogen-bond donors (Lipinski definition) is 3. The van der Waals surface area contributed by atoms with Gasteiger partial charge in [0.25, 0.3) is 0 Å². The molecule has 3 N–H and O–H groups in total. The Hall–Kier alpha value is -0.840. The summed E-state index contributed by atoms with van der Waals surface area (Å²) in [5.74, 6) is 0. The lowest BCUT2D eigenvalue weighted by Gasteiger charge is -2.46. The summed E-state index contributed by atoms with van der Waals surface area (Å²) in [5, 5.41) is 8.34. The number of quaternary nitrogens is 1. The Bertz CT molecular complexity index is 558. The van der Waals surface area contributed by atoms with Gasteiger partial charge in [0.1, 0.15) is 0 Å². The van der Waals surface area contributed by atoms with E-state index >= 15 is 0 Å². The lowest BCUT2D eigenvalue weighted by Crippen LogP contribution is -3.22. The van der Waals surface area contributed by atoms with Crippen molar-refractivity contribution in [2.75, 3.05) is 5.32 Å². The van der Waals surface area contributed by atoms with Gasteiger partial charge < -0.3 is 15.5 Å². The maximum Gasteiger partial charge on any atom is 0.171 e. The van der Waals surface area contributed by atoms with Gasteiger partial charge in [0.2, 0.25) is 0 Å². The zero-order chi connectivity index (χ0) is 15.8. The Morgan fingerprint density at radius 1 is 1.00 bits per heavy atom. The molecule has 1 aromatic rings. The Kier molecular flexibility index (Phi) is 4.48. The van der Waals surface area contributed by atoms with Crippen molar-refractivity contribution in [1.82, 2.24) is 5.32 Å². The lowest BCUT2D eigenvalue weighted by atomic mass is 9.81. The van der Waals surface area contributed by atoms with Crippen LogP contribution < -0.4 is 15.5 Å². The molecule has 2 atom stereocenters. The van der Waals surface area contributed by atoms with Gasteiger partial charge >= 0.3 is 0 Å². The molecule has 0 amide bonds. The topological polar surface area (TPSA) is 28.5 Å². The van der Waals surface area contributed by atoms with Gasteiger partial charge in [0.15, 0.2) is 5.11 Å². The Morgan fingerprint density at radius 2 is 1.65 bits per heavy atom. The highest BCUT2D eigenvalue weighted by atomic mass is 35.5. The van der Waals surface area contributed by atoms with Crippen molar-refractivity contribution in [2.24, 2.45) is 0 Å². The van der Waals surface area contributed by atoms with E-state index in [0.717, 1.165) is 33.9 Å². The third-order valence-electron chi connectivity index (χ3n) is 5.67. The molecule has 23 heavy (non-hydrogen) atoms. The second-order valence-electron chi connectivity index (χ2n) is 7.37. The van der Waals surface area contributed by atoms with Gasteiger partial charge in [0.05, 0.1) is 18.1 Å². The van der Waals surface area contributed by atoms with Crippen LogP contribution in [0.5, 0.6) is 0 Å². The smallest absolute Gasteiger partial charge is 0.171 e. The predicted octanol–water partition coefficient (Wildman–Crippen LogP) is 2.76. The highest BCUT2D eigenvalue weighted by molar-refractivity contribution is 7.80. The average molecular weight is 351 g/mol. The fourth-order valence-corrected chi connectivity index (χ4v) is 5.07. The standard InChI is InChI=1S/C18H24ClN3S/c19-12-4-6-13(7-5-12)20-18(23)21-14-10-16-2-1-3-17(11-14)22(16)15-8-9-15/h4-7,14-17H,1-3,8-11H2,(H2,20,21,23)/p+1/t16-,17-/m1/s1. The van der Waals surface area contributed by atoms with Crippen LogP contribution in [0.2, 0.25) is 5.02 Å². The van der Waals surface area contributed by atoms with Gasteiger partial charge in [-0.3, -0.25) is 0 Å². The molecule has 2 bridgehead atoms. The van der Waals surface area contributed by atoms with Crippen LogP contribution in [0.3, 0.4) is 0 Å². The van der Waals surface area contributed by atoms with Crippen LogP contribution in [-0.4, -0.2) is 29.3 Å². The van der Waals surface area contributed by atoms with E-state index in [1.807, 2.05) is 29.2 Å². The van der Waals surface area contributed by atoms with E-state index in [-0.39, 0.29) is 0 Å². The van der Waals surface area contributed by atoms with Gasteiger partial charge in [-0.2, -0.15) is 0 Å². The summed E-state index contributed by atoms with van der Waals surface area (Å²) >= 11 is 11.4. The summed E-state index contributed by atoms with van der Waals surface area (Å²) in [6.45, 7) is 0. The summed E-state index contributed by atoms with van der Waals surface area (Å²) in [5.41, 5.74) is 0.994. The number of anilines is 1. The van der Waals surface area contributed by atoms with Crippen molar-refractivity contribution in [3.05, 3.63) is 29.3 Å². The molecule has 0 aromatic heterocycles. The minimum atomic E-state index is 0.528. The number of thiocarbonyl (C=S) groups is 1. The van der Waals surface area contributed by atoms with Gasteiger partial charge in [0, 0.05) is 42.4 Å². The molecular weight excluding hydrogens is 326 g/mol. The molecule has 3 fully saturated rings. The summed E-state index contributed by atoms with van der Waals surface area (Å²) in [4.78, 5) is 1.94. The van der Waals surface area contributed by atoms with Crippen molar-refractivity contribution >= 4 is 34.6 Å². The first-order valence-corrected chi connectivity index (χ1v) is 9.67. The predicted molar refractivity (Wildman–Crippen MR) is 99.2 cm³/mol. The van der Waals surface area contributed by atoms with Crippen LogP contribution in [0.4, 0.5) is 5.69 Å². The number of rotatable bonds is 3. The van der Waals surface area contributed by atoms with E-state index in [2.05, 4.69) is 10.6 Å². The minimum Gasteiger partial charge on any atom is -0.359 e. The normalized spacial score (nSPS) is 33.1. The number of halogens is 1. The Labute approximate surface area is 148 Å². The first kappa shape index (κ1) is 15.7. The summed E-state index contributed by atoms with van der Waals surface area (Å²) in [6.07, 6.45) is 9.67. The van der Waals surface area contributed by atoms with Crippen molar-refractivity contribution in [3.8, 4) is 0 Å². The average Bonchev–Trinajstić information content (AvgIpc) is 3.33. The molecular formula is C18H25ClN3S+. The first-order valence-electron chi connectivity index (χ1n) is 8.89. The van der Waals surface area contributed by atoms with Crippen LogP contribution in [0.1, 0.15) is 44.9 Å². The van der Waals surface area contributed by atoms with Crippen LogP contribution in [0.25, 0.3) is 0 Å². The maximum atomic E-state index is 5.92. The second kappa shape index (κ2) is 6.58. The fourth-order valence-electron chi connectivity index (χ4n) is 4.66. The van der Waals surface area contributed by atoms with Crippen LogP contribution in [0, 0.1) is 0 Å². The fraction of sp³-hybridized carbons (Fsp3) is 0.611. The molecule has 2 saturated heterocycles. The van der Waals surface area contributed by atoms with Crippen molar-refractivity contribution in [1.29, 1.82) is 0 Å². The zero-order valence-electron chi connectivity index (χ0n) is 13.4. The van der Waals surface area contributed by atoms with Crippen molar-refractivity contribution in [2.45, 2.75) is 69.1 Å². The monoisotopic (exact) mass is 350 g/mol. The molecule has 4 rings (SSSR count). The van der Waals surface area contributed by atoms with Crippen molar-refractivity contribution < 1.29 is 4.90 Å². The number of hydrogen-bond acceptors (Lipinski definition) is 1. The lowest BCUT2D eigenvalue weighted by molar-refractivity contribution is -0.971. The Morgan fingerprint density at radius 3 is 2.26 bits per heavy atom. The molecule has 0 radical (unpaired) electrons. The molecule has 2 heterocycles. The highest BCUT2D eigenvalue weighted by Gasteiger charge is 2.48. The Balaban J connectivity index is 1.34. The number of piperidine rings is 2. The van der Waals surface area contributed by atoms with E-state index in [4.69, 9.17) is 23.8 Å². The van der Waals surface area contributed by atoms with E-state index in [0.29, 0.717) is 6.04 Å². The third kappa shape index (κ3) is 3.65. The van der Waals surface area contributed by atoms with Gasteiger partial charge in [-0.1, -0.05) is 11.6 Å². The molecule has 1 aromatic carbocycles. The molecule has 0 spiro atoms. The van der Waals surface area contributed by atoms with E-state index < -0.39 is 0 Å². The number of benzene rings is 1. The molecule has 3 aliphatic rings. The van der Waals surface area contributed by atoms with Crippen LogP contribution in [0.15, 0.2) is 24.3 Å². The minimum absolute atomic E-state index is 0.528. The summed E-state index contributed by atoms with van der Waals surface area (Å²) < 4.78 is 0. The summed E-state index contributed by atoms with van der Waals surface area (Å²) in [7, 11) is 0. The quantitative estimate of drug-likeness (QED) is 0.732.